The molecule has 2 heteroatoms. The lowest BCUT2D eigenvalue weighted by molar-refractivity contribution is 0.874. The molecule has 0 aliphatic rings. The van der Waals surface area contributed by atoms with Crippen LogP contribution in [0, 0.1) is 0 Å². The summed E-state index contributed by atoms with van der Waals surface area (Å²) in [4.78, 5) is 7.20. The Hall–Kier alpha value is -3.13. The summed E-state index contributed by atoms with van der Waals surface area (Å²) in [6, 6.07) is 27.5. The molecule has 0 spiro atoms. The molecule has 134 valence electrons. The van der Waals surface area contributed by atoms with Crippen LogP contribution in [0.5, 0.6) is 0 Å². The fourth-order valence-electron chi connectivity index (χ4n) is 3.81. The highest BCUT2D eigenvalue weighted by Gasteiger charge is 2.15. The number of benzene rings is 4. The van der Waals surface area contributed by atoms with E-state index in [0.717, 1.165) is 18.8 Å². The molecular formula is C25H24N2. The first-order valence-electron chi connectivity index (χ1n) is 9.61. The van der Waals surface area contributed by atoms with Crippen molar-refractivity contribution >= 4 is 39.1 Å². The summed E-state index contributed by atoms with van der Waals surface area (Å²) in [6.07, 6.45) is 2.02. The van der Waals surface area contributed by atoms with Crippen molar-refractivity contribution in [2.75, 3.05) is 18.0 Å². The van der Waals surface area contributed by atoms with E-state index >= 15 is 0 Å². The van der Waals surface area contributed by atoms with Gasteiger partial charge in [-0.15, -0.1) is 0 Å². The normalized spacial score (nSPS) is 11.5. The van der Waals surface area contributed by atoms with Gasteiger partial charge in [0.1, 0.15) is 0 Å². The summed E-state index contributed by atoms with van der Waals surface area (Å²) in [5.74, 6) is 0. The zero-order chi connectivity index (χ0) is 18.6. The van der Waals surface area contributed by atoms with Gasteiger partial charge in [0.15, 0.2) is 0 Å². The molecule has 0 fully saturated rings. The van der Waals surface area contributed by atoms with E-state index in [1.165, 1.54) is 32.8 Å². The molecule has 0 heterocycles. The van der Waals surface area contributed by atoms with Crippen molar-refractivity contribution in [3.8, 4) is 0 Å². The first kappa shape index (κ1) is 17.3. The lowest BCUT2D eigenvalue weighted by Crippen LogP contribution is -2.22. The van der Waals surface area contributed by atoms with E-state index in [1.807, 2.05) is 36.5 Å². The minimum absolute atomic E-state index is 0.971. The molecule has 0 bridgehead atoms. The average molecular weight is 352 g/mol. The van der Waals surface area contributed by atoms with Crippen LogP contribution in [0.3, 0.4) is 0 Å². The minimum atomic E-state index is 0.971. The number of rotatable bonds is 5. The zero-order valence-corrected chi connectivity index (χ0v) is 15.9. The van der Waals surface area contributed by atoms with E-state index in [9.17, 15) is 0 Å². The summed E-state index contributed by atoms with van der Waals surface area (Å²) in [5.41, 5.74) is 3.47. The Morgan fingerprint density at radius 2 is 1.15 bits per heavy atom. The van der Waals surface area contributed by atoms with Crippen molar-refractivity contribution < 1.29 is 0 Å². The molecule has 0 aromatic heterocycles. The van der Waals surface area contributed by atoms with Crippen molar-refractivity contribution in [2.45, 2.75) is 13.8 Å². The van der Waals surface area contributed by atoms with E-state index < -0.39 is 0 Å². The van der Waals surface area contributed by atoms with Gasteiger partial charge in [0, 0.05) is 35.6 Å². The maximum absolute atomic E-state index is 4.75. The highest BCUT2D eigenvalue weighted by Crippen LogP contribution is 2.38. The van der Waals surface area contributed by atoms with Gasteiger partial charge in [-0.1, -0.05) is 66.7 Å². The highest BCUT2D eigenvalue weighted by atomic mass is 15.1. The predicted molar refractivity (Wildman–Crippen MR) is 119 cm³/mol. The fourth-order valence-corrected chi connectivity index (χ4v) is 3.81. The van der Waals surface area contributed by atoms with E-state index in [-0.39, 0.29) is 0 Å². The molecule has 0 saturated carbocycles. The molecule has 4 aromatic carbocycles. The third-order valence-corrected chi connectivity index (χ3v) is 5.12. The molecule has 0 saturated heterocycles. The van der Waals surface area contributed by atoms with Crippen LogP contribution in [0.25, 0.3) is 21.5 Å². The summed E-state index contributed by atoms with van der Waals surface area (Å²) < 4.78 is 0. The van der Waals surface area contributed by atoms with Crippen LogP contribution in [0.2, 0.25) is 0 Å². The number of fused-ring (bicyclic) bond motifs is 2. The van der Waals surface area contributed by atoms with Crippen molar-refractivity contribution in [2.24, 2.45) is 4.99 Å². The largest absolute Gasteiger partial charge is 0.371 e. The monoisotopic (exact) mass is 352 g/mol. The van der Waals surface area contributed by atoms with Crippen molar-refractivity contribution in [3.63, 3.8) is 0 Å². The van der Waals surface area contributed by atoms with Crippen LogP contribution >= 0.6 is 0 Å². The molecule has 27 heavy (non-hydrogen) atoms. The van der Waals surface area contributed by atoms with E-state index in [2.05, 4.69) is 67.3 Å². The summed E-state index contributed by atoms with van der Waals surface area (Å²) in [6.45, 7) is 6.42. The third-order valence-electron chi connectivity index (χ3n) is 5.12. The van der Waals surface area contributed by atoms with Gasteiger partial charge in [0.2, 0.25) is 0 Å². The Kier molecular flexibility index (Phi) is 4.88. The van der Waals surface area contributed by atoms with Crippen molar-refractivity contribution in [1.29, 1.82) is 0 Å². The van der Waals surface area contributed by atoms with Gasteiger partial charge in [-0.3, -0.25) is 4.99 Å². The topological polar surface area (TPSA) is 15.6 Å². The number of aliphatic imine (C=N–C) groups is 1. The van der Waals surface area contributed by atoms with Gasteiger partial charge in [-0.05, 0) is 36.8 Å². The number of hydrogen-bond donors (Lipinski definition) is 0. The minimum Gasteiger partial charge on any atom is -0.371 e. The van der Waals surface area contributed by atoms with Gasteiger partial charge < -0.3 is 4.90 Å². The molecule has 4 aromatic rings. The van der Waals surface area contributed by atoms with Gasteiger partial charge in [0.25, 0.3) is 0 Å². The first-order valence-corrected chi connectivity index (χ1v) is 9.61. The number of para-hydroxylation sites is 1. The molecule has 2 nitrogen and oxygen atoms in total. The van der Waals surface area contributed by atoms with Gasteiger partial charge >= 0.3 is 0 Å². The summed E-state index contributed by atoms with van der Waals surface area (Å²) in [7, 11) is 0. The molecule has 0 atom stereocenters. The average Bonchev–Trinajstić information content (AvgIpc) is 2.74. The molecular weight excluding hydrogens is 328 g/mol. The number of anilines is 1. The third kappa shape index (κ3) is 3.19. The lowest BCUT2D eigenvalue weighted by Gasteiger charge is -2.26. The molecule has 0 amide bonds. The highest BCUT2D eigenvalue weighted by molar-refractivity contribution is 6.20. The quantitative estimate of drug-likeness (QED) is 0.292. The number of hydrogen-bond acceptors (Lipinski definition) is 2. The fraction of sp³-hybridized carbons (Fsp3) is 0.160. The predicted octanol–water partition coefficient (Wildman–Crippen LogP) is 6.59. The molecule has 0 aliphatic heterocycles. The van der Waals surface area contributed by atoms with Gasteiger partial charge in [0.05, 0.1) is 11.4 Å². The summed E-state index contributed by atoms with van der Waals surface area (Å²) >= 11 is 0. The molecule has 4 rings (SSSR count). The molecule has 0 aliphatic carbocycles. The smallest absolute Gasteiger partial charge is 0.0629 e. The molecule has 0 radical (unpaired) electrons. The van der Waals surface area contributed by atoms with E-state index in [1.54, 1.807) is 0 Å². The van der Waals surface area contributed by atoms with E-state index in [0.29, 0.717) is 0 Å². The van der Waals surface area contributed by atoms with Gasteiger partial charge in [-0.2, -0.15) is 0 Å². The van der Waals surface area contributed by atoms with Crippen LogP contribution < -0.4 is 4.90 Å². The van der Waals surface area contributed by atoms with Crippen LogP contribution in [0.1, 0.15) is 19.4 Å². The second kappa shape index (κ2) is 7.63. The van der Waals surface area contributed by atoms with Crippen LogP contribution in [-0.4, -0.2) is 19.3 Å². The first-order chi connectivity index (χ1) is 13.3. The Morgan fingerprint density at radius 1 is 0.667 bits per heavy atom. The van der Waals surface area contributed by atoms with Crippen LogP contribution in [0.4, 0.5) is 11.4 Å². The standard InChI is InChI=1S/C25H24N2/c1-3-27(4-2)25-22-16-10-8-14-20(22)24(21-15-9-11-17-23(21)25)18-26-19-12-6-5-7-13-19/h5-18H,3-4H2,1-2H3. The maximum Gasteiger partial charge on any atom is 0.0629 e. The summed E-state index contributed by atoms with van der Waals surface area (Å²) in [5, 5.41) is 5.07. The zero-order valence-electron chi connectivity index (χ0n) is 15.9. The van der Waals surface area contributed by atoms with Crippen LogP contribution in [0.15, 0.2) is 83.9 Å². The van der Waals surface area contributed by atoms with Crippen molar-refractivity contribution in [3.05, 3.63) is 84.4 Å². The molecule has 0 unspecified atom stereocenters. The Bertz CT molecular complexity index is 1040. The lowest BCUT2D eigenvalue weighted by atomic mass is 9.94. The second-order valence-electron chi connectivity index (χ2n) is 6.62. The SMILES string of the molecule is CCN(CC)c1c2ccccc2c(C=Nc2ccccc2)c2ccccc12. The van der Waals surface area contributed by atoms with Crippen molar-refractivity contribution in [1.82, 2.24) is 0 Å². The second-order valence-corrected chi connectivity index (χ2v) is 6.62. The van der Waals surface area contributed by atoms with E-state index in [4.69, 9.17) is 4.99 Å². The van der Waals surface area contributed by atoms with Crippen LogP contribution in [-0.2, 0) is 0 Å². The molecule has 0 N–H and O–H groups in total. The Balaban J connectivity index is 2.04. The Morgan fingerprint density at radius 3 is 1.67 bits per heavy atom. The Labute approximate surface area is 160 Å². The number of nitrogens with zero attached hydrogens (tertiary/aromatic N) is 2. The maximum atomic E-state index is 4.75. The van der Waals surface area contributed by atoms with Gasteiger partial charge in [-0.25, -0.2) is 0 Å².